The standard InChI is InChI=1S/C14H21N3O/c1-5-14(3,6-2)17-12-8-7-10(18-4)9-11(12)16-13(17)15/h7-9H,5-6H2,1-4H3,(H2,15,16). The number of fused-ring (bicyclic) bond motifs is 1. The molecule has 0 spiro atoms. The minimum absolute atomic E-state index is 0.00736. The highest BCUT2D eigenvalue weighted by Gasteiger charge is 2.26. The van der Waals surface area contributed by atoms with Crippen molar-refractivity contribution in [3.8, 4) is 5.75 Å². The molecule has 0 aliphatic carbocycles. The largest absolute Gasteiger partial charge is 0.497 e. The van der Waals surface area contributed by atoms with E-state index < -0.39 is 0 Å². The van der Waals surface area contributed by atoms with Gasteiger partial charge in [-0.2, -0.15) is 0 Å². The number of aromatic nitrogens is 2. The molecule has 0 fully saturated rings. The Morgan fingerprint density at radius 3 is 2.56 bits per heavy atom. The third-order valence-corrected chi connectivity index (χ3v) is 3.95. The topological polar surface area (TPSA) is 53.1 Å². The van der Waals surface area contributed by atoms with E-state index in [0.29, 0.717) is 5.95 Å². The predicted octanol–water partition coefficient (Wildman–Crippen LogP) is 3.16. The second-order valence-electron chi connectivity index (χ2n) is 4.86. The second-order valence-corrected chi connectivity index (χ2v) is 4.86. The van der Waals surface area contributed by atoms with E-state index in [9.17, 15) is 0 Å². The van der Waals surface area contributed by atoms with Gasteiger partial charge in [0.2, 0.25) is 5.95 Å². The number of rotatable bonds is 4. The van der Waals surface area contributed by atoms with Gasteiger partial charge in [0.15, 0.2) is 0 Å². The normalized spacial score (nSPS) is 12.0. The van der Waals surface area contributed by atoms with Gasteiger partial charge in [0.05, 0.1) is 18.1 Å². The van der Waals surface area contributed by atoms with Crippen LogP contribution in [-0.4, -0.2) is 16.7 Å². The summed E-state index contributed by atoms with van der Waals surface area (Å²) < 4.78 is 7.36. The van der Waals surface area contributed by atoms with E-state index >= 15 is 0 Å². The number of imidazole rings is 1. The lowest BCUT2D eigenvalue weighted by molar-refractivity contribution is 0.307. The molecule has 2 rings (SSSR count). The van der Waals surface area contributed by atoms with E-state index in [1.54, 1.807) is 7.11 Å². The maximum atomic E-state index is 6.09. The maximum Gasteiger partial charge on any atom is 0.201 e. The minimum Gasteiger partial charge on any atom is -0.497 e. The Morgan fingerprint density at radius 2 is 2.00 bits per heavy atom. The van der Waals surface area contributed by atoms with Crippen molar-refractivity contribution in [3.05, 3.63) is 18.2 Å². The fourth-order valence-electron chi connectivity index (χ4n) is 2.34. The van der Waals surface area contributed by atoms with Crippen LogP contribution in [0.5, 0.6) is 5.75 Å². The lowest BCUT2D eigenvalue weighted by atomic mass is 9.95. The SMILES string of the molecule is CCC(C)(CC)n1c(N)nc2cc(OC)ccc21. The zero-order valence-corrected chi connectivity index (χ0v) is 11.5. The smallest absolute Gasteiger partial charge is 0.201 e. The van der Waals surface area contributed by atoms with Crippen LogP contribution in [0.15, 0.2) is 18.2 Å². The Morgan fingerprint density at radius 1 is 1.33 bits per heavy atom. The van der Waals surface area contributed by atoms with Crippen molar-refractivity contribution >= 4 is 17.0 Å². The van der Waals surface area contributed by atoms with Crippen LogP contribution in [0.1, 0.15) is 33.6 Å². The Labute approximate surface area is 108 Å². The fraction of sp³-hybridized carbons (Fsp3) is 0.500. The quantitative estimate of drug-likeness (QED) is 0.902. The minimum atomic E-state index is 0.00736. The van der Waals surface area contributed by atoms with Gasteiger partial charge >= 0.3 is 0 Å². The zero-order valence-electron chi connectivity index (χ0n) is 11.5. The highest BCUT2D eigenvalue weighted by atomic mass is 16.5. The summed E-state index contributed by atoms with van der Waals surface area (Å²) in [6.07, 6.45) is 2.04. The summed E-state index contributed by atoms with van der Waals surface area (Å²) in [5.74, 6) is 1.38. The van der Waals surface area contributed by atoms with Crippen molar-refractivity contribution in [1.82, 2.24) is 9.55 Å². The second kappa shape index (κ2) is 4.52. The van der Waals surface area contributed by atoms with E-state index in [4.69, 9.17) is 10.5 Å². The van der Waals surface area contributed by atoms with Crippen molar-refractivity contribution in [1.29, 1.82) is 0 Å². The Balaban J connectivity index is 2.68. The molecular weight excluding hydrogens is 226 g/mol. The van der Waals surface area contributed by atoms with Crippen LogP contribution in [0.2, 0.25) is 0 Å². The number of ether oxygens (including phenoxy) is 1. The molecule has 98 valence electrons. The molecule has 0 saturated carbocycles. The summed E-state index contributed by atoms with van der Waals surface area (Å²) in [7, 11) is 1.66. The number of nitrogens with two attached hydrogens (primary N) is 1. The molecule has 1 heterocycles. The van der Waals surface area contributed by atoms with Crippen molar-refractivity contribution in [2.45, 2.75) is 39.2 Å². The lowest BCUT2D eigenvalue weighted by Crippen LogP contribution is -2.29. The molecule has 0 aliphatic heterocycles. The average molecular weight is 247 g/mol. The first kappa shape index (κ1) is 12.7. The van der Waals surface area contributed by atoms with Crippen LogP contribution in [0.4, 0.5) is 5.95 Å². The summed E-state index contributed by atoms with van der Waals surface area (Å²) in [4.78, 5) is 4.44. The number of anilines is 1. The van der Waals surface area contributed by atoms with Gasteiger partial charge in [0.25, 0.3) is 0 Å². The first-order chi connectivity index (χ1) is 8.55. The van der Waals surface area contributed by atoms with Crippen LogP contribution in [0, 0.1) is 0 Å². The molecule has 4 nitrogen and oxygen atoms in total. The van der Waals surface area contributed by atoms with Gasteiger partial charge in [0.1, 0.15) is 5.75 Å². The summed E-state index contributed by atoms with van der Waals surface area (Å²) in [6, 6.07) is 5.90. The highest BCUT2D eigenvalue weighted by molar-refractivity contribution is 5.80. The molecule has 0 radical (unpaired) electrons. The first-order valence-electron chi connectivity index (χ1n) is 6.38. The zero-order chi connectivity index (χ0) is 13.3. The average Bonchev–Trinajstić information content (AvgIpc) is 2.73. The number of hydrogen-bond donors (Lipinski definition) is 1. The third kappa shape index (κ3) is 1.82. The third-order valence-electron chi connectivity index (χ3n) is 3.95. The van der Waals surface area contributed by atoms with E-state index in [2.05, 4.69) is 30.3 Å². The van der Waals surface area contributed by atoms with Gasteiger partial charge in [-0.05, 0) is 31.9 Å². The monoisotopic (exact) mass is 247 g/mol. The molecular formula is C14H21N3O. The summed E-state index contributed by atoms with van der Waals surface area (Å²) >= 11 is 0. The van der Waals surface area contributed by atoms with Gasteiger partial charge < -0.3 is 15.0 Å². The van der Waals surface area contributed by atoms with Gasteiger partial charge in [-0.1, -0.05) is 13.8 Å². The Hall–Kier alpha value is -1.71. The number of nitrogens with zero attached hydrogens (tertiary/aromatic N) is 2. The number of hydrogen-bond acceptors (Lipinski definition) is 3. The van der Waals surface area contributed by atoms with Crippen LogP contribution < -0.4 is 10.5 Å². The maximum absolute atomic E-state index is 6.09. The molecule has 1 aromatic heterocycles. The number of nitrogen functional groups attached to an aromatic ring is 1. The van der Waals surface area contributed by atoms with E-state index in [0.717, 1.165) is 29.6 Å². The van der Waals surface area contributed by atoms with Crippen LogP contribution in [0.25, 0.3) is 11.0 Å². The van der Waals surface area contributed by atoms with Gasteiger partial charge in [0, 0.05) is 11.6 Å². The molecule has 1 aromatic carbocycles. The van der Waals surface area contributed by atoms with Crippen LogP contribution in [-0.2, 0) is 5.54 Å². The summed E-state index contributed by atoms with van der Waals surface area (Å²) in [5.41, 5.74) is 8.06. The molecule has 0 aliphatic rings. The Kier molecular flexibility index (Phi) is 3.20. The summed E-state index contributed by atoms with van der Waals surface area (Å²) in [6.45, 7) is 6.57. The van der Waals surface area contributed by atoms with Gasteiger partial charge in [-0.25, -0.2) is 4.98 Å². The van der Waals surface area contributed by atoms with Crippen molar-refractivity contribution in [3.63, 3.8) is 0 Å². The molecule has 18 heavy (non-hydrogen) atoms. The van der Waals surface area contributed by atoms with Gasteiger partial charge in [-0.15, -0.1) is 0 Å². The first-order valence-corrected chi connectivity index (χ1v) is 6.38. The number of methoxy groups -OCH3 is 1. The van der Waals surface area contributed by atoms with Crippen LogP contribution >= 0.6 is 0 Å². The van der Waals surface area contributed by atoms with Crippen molar-refractivity contribution in [2.24, 2.45) is 0 Å². The van der Waals surface area contributed by atoms with E-state index in [-0.39, 0.29) is 5.54 Å². The van der Waals surface area contributed by atoms with E-state index in [1.807, 2.05) is 18.2 Å². The van der Waals surface area contributed by atoms with Crippen LogP contribution in [0.3, 0.4) is 0 Å². The molecule has 0 amide bonds. The molecule has 0 unspecified atom stereocenters. The van der Waals surface area contributed by atoms with Crippen molar-refractivity contribution < 1.29 is 4.74 Å². The predicted molar refractivity (Wildman–Crippen MR) is 74.9 cm³/mol. The van der Waals surface area contributed by atoms with E-state index in [1.165, 1.54) is 0 Å². The fourth-order valence-corrected chi connectivity index (χ4v) is 2.34. The Bertz CT molecular complexity index is 555. The van der Waals surface area contributed by atoms with Gasteiger partial charge in [-0.3, -0.25) is 0 Å². The number of benzene rings is 1. The molecule has 2 aromatic rings. The van der Waals surface area contributed by atoms with Crippen molar-refractivity contribution in [2.75, 3.05) is 12.8 Å². The molecule has 2 N–H and O–H groups in total. The highest BCUT2D eigenvalue weighted by Crippen LogP contribution is 2.33. The molecule has 0 saturated heterocycles. The lowest BCUT2D eigenvalue weighted by Gasteiger charge is -2.30. The summed E-state index contributed by atoms with van der Waals surface area (Å²) in [5, 5.41) is 0. The molecule has 0 bridgehead atoms. The molecule has 4 heteroatoms. The molecule has 0 atom stereocenters.